The minimum Gasteiger partial charge on any atom is -0.205 e. The Morgan fingerprint density at radius 3 is 1.57 bits per heavy atom. The highest BCUT2D eigenvalue weighted by molar-refractivity contribution is 9.53. The van der Waals surface area contributed by atoms with Gasteiger partial charge in [0.2, 0.25) is 0 Å². The van der Waals surface area contributed by atoms with Gasteiger partial charge in [-0.15, -0.1) is 52.8 Å². The van der Waals surface area contributed by atoms with E-state index >= 15 is 0 Å². The molecule has 1 heterocycles. The van der Waals surface area contributed by atoms with Crippen LogP contribution in [0.3, 0.4) is 0 Å². The fourth-order valence-corrected chi connectivity index (χ4v) is 8.56. The number of hydrogen-bond donors (Lipinski definition) is 0. The molecular formula is B2Br2S3. The zero-order chi connectivity index (χ0) is 5.28. The lowest BCUT2D eigenvalue weighted by Gasteiger charge is -1.83. The maximum absolute atomic E-state index is 3.45. The van der Waals surface area contributed by atoms with Gasteiger partial charge in [0, 0.05) is 0 Å². The molecule has 0 spiro atoms. The molecule has 0 saturated carbocycles. The van der Waals surface area contributed by atoms with Crippen molar-refractivity contribution in [3.63, 3.8) is 0 Å². The zero-order valence-electron chi connectivity index (χ0n) is 3.14. The third kappa shape index (κ3) is 2.47. The molecule has 1 aliphatic heterocycles. The van der Waals surface area contributed by atoms with Gasteiger partial charge in [0.1, 0.15) is 0 Å². The maximum atomic E-state index is 3.45. The Kier molecular flexibility index (Phi) is 3.46. The predicted molar refractivity (Wildman–Crippen MR) is 52.1 cm³/mol. The lowest BCUT2D eigenvalue weighted by Crippen LogP contribution is -1.84. The quantitative estimate of drug-likeness (QED) is 0.494. The first kappa shape index (κ1) is 7.25. The van der Waals surface area contributed by atoms with Gasteiger partial charge < -0.3 is 0 Å². The van der Waals surface area contributed by atoms with Gasteiger partial charge in [0.25, 0.3) is 0 Å². The van der Waals surface area contributed by atoms with Crippen LogP contribution in [0.1, 0.15) is 0 Å². The Bertz CT molecular complexity index is 60.0. The Labute approximate surface area is 71.8 Å². The summed E-state index contributed by atoms with van der Waals surface area (Å²) in [6.45, 7) is 0. The van der Waals surface area contributed by atoms with E-state index in [0.717, 1.165) is 0 Å². The van der Waals surface area contributed by atoms with Crippen LogP contribution in [0.5, 0.6) is 0 Å². The summed E-state index contributed by atoms with van der Waals surface area (Å²) in [6, 6.07) is 0. The van der Waals surface area contributed by atoms with E-state index in [-0.39, 0.29) is 0 Å². The largest absolute Gasteiger partial charge is 0.352 e. The van der Waals surface area contributed by atoms with Crippen molar-refractivity contribution in [1.82, 2.24) is 0 Å². The topological polar surface area (TPSA) is 0 Å². The maximum Gasteiger partial charge on any atom is 0.352 e. The molecule has 0 unspecified atom stereocenters. The molecule has 0 aliphatic carbocycles. The third-order valence-electron chi connectivity index (χ3n) is 0.421. The molecular weight excluding hydrogens is 278 g/mol. The molecule has 0 aromatic heterocycles. The standard InChI is InChI=1S/B2Br2S3/c3-1-5-2(4)7-6-1. The summed E-state index contributed by atoms with van der Waals surface area (Å²) in [7, 11) is 3.71. The molecule has 1 saturated heterocycles. The van der Waals surface area contributed by atoms with Crippen molar-refractivity contribution >= 4 is 72.5 Å². The second kappa shape index (κ2) is 3.34. The lowest BCUT2D eigenvalue weighted by molar-refractivity contribution is 4.60. The molecule has 0 bridgehead atoms. The Morgan fingerprint density at radius 1 is 1.00 bits per heavy atom. The first-order valence-corrected chi connectivity index (χ1v) is 6.60. The number of hydrogen-bond acceptors (Lipinski definition) is 3. The molecule has 38 valence electrons. The van der Waals surface area contributed by atoms with Gasteiger partial charge in [-0.25, -0.2) is 11.5 Å². The third-order valence-corrected chi connectivity index (χ3v) is 8.63. The van der Waals surface area contributed by atoms with Crippen LogP contribution in [-0.2, 0) is 0 Å². The summed E-state index contributed by atoms with van der Waals surface area (Å²) in [5.74, 6) is 0. The van der Waals surface area contributed by atoms with Crippen molar-refractivity contribution in [2.24, 2.45) is 0 Å². The van der Waals surface area contributed by atoms with Crippen LogP contribution in [0.4, 0.5) is 0 Å². The fourth-order valence-electron chi connectivity index (χ4n) is 0.217. The van der Waals surface area contributed by atoms with Gasteiger partial charge in [-0.3, -0.25) is 0 Å². The molecule has 7 heteroatoms. The summed E-state index contributed by atoms with van der Waals surface area (Å²) in [6.07, 6.45) is 0. The second-order valence-corrected chi connectivity index (χ2v) is 9.43. The molecule has 1 aliphatic rings. The molecule has 0 aromatic rings. The molecule has 0 amide bonds. The van der Waals surface area contributed by atoms with Crippen molar-refractivity contribution in [2.45, 2.75) is 0 Å². The average Bonchev–Trinajstić information content (AvgIpc) is 1.87. The van der Waals surface area contributed by atoms with E-state index in [4.69, 9.17) is 0 Å². The van der Waals surface area contributed by atoms with E-state index in [1.807, 2.05) is 32.8 Å². The number of rotatable bonds is 0. The first-order chi connectivity index (χ1) is 3.29. The Hall–Kier alpha value is 2.14. The van der Waals surface area contributed by atoms with E-state index in [9.17, 15) is 0 Å². The van der Waals surface area contributed by atoms with Crippen LogP contribution in [-0.4, -0.2) is 8.19 Å². The van der Waals surface area contributed by atoms with Gasteiger partial charge in [-0.2, -0.15) is 0 Å². The van der Waals surface area contributed by atoms with Crippen LogP contribution in [0.15, 0.2) is 0 Å². The molecule has 0 atom stereocenters. The highest BCUT2D eigenvalue weighted by atomic mass is 79.9. The van der Waals surface area contributed by atoms with Crippen molar-refractivity contribution in [3.8, 4) is 0 Å². The summed E-state index contributed by atoms with van der Waals surface area (Å²) in [5, 5.41) is 0. The van der Waals surface area contributed by atoms with Crippen molar-refractivity contribution in [2.75, 3.05) is 0 Å². The highest BCUT2D eigenvalue weighted by Crippen LogP contribution is 2.50. The van der Waals surface area contributed by atoms with Gasteiger partial charge in [0.05, 0.1) is 0 Å². The molecule has 1 fully saturated rings. The Balaban J connectivity index is 2.26. The van der Waals surface area contributed by atoms with Crippen LogP contribution >= 0.6 is 64.3 Å². The Morgan fingerprint density at radius 2 is 1.43 bits per heavy atom. The molecule has 7 heavy (non-hydrogen) atoms. The SMILES string of the molecule is BrB1SSB(Br)S1. The summed E-state index contributed by atoms with van der Waals surface area (Å²) < 4.78 is 1.17. The van der Waals surface area contributed by atoms with Crippen LogP contribution in [0.25, 0.3) is 0 Å². The minimum atomic E-state index is 0.585. The molecule has 1 rings (SSSR count). The van der Waals surface area contributed by atoms with Gasteiger partial charge >= 0.3 is 8.19 Å². The van der Waals surface area contributed by atoms with Crippen LogP contribution in [0.2, 0.25) is 0 Å². The smallest absolute Gasteiger partial charge is 0.205 e. The van der Waals surface area contributed by atoms with E-state index < -0.39 is 0 Å². The lowest BCUT2D eigenvalue weighted by atomic mass is 10.7. The van der Waals surface area contributed by atoms with Crippen molar-refractivity contribution in [1.29, 1.82) is 0 Å². The van der Waals surface area contributed by atoms with E-state index in [1.54, 1.807) is 0 Å². The van der Waals surface area contributed by atoms with Crippen LogP contribution < -0.4 is 0 Å². The monoisotopic (exact) mass is 276 g/mol. The molecule has 0 aromatic carbocycles. The van der Waals surface area contributed by atoms with E-state index in [2.05, 4.69) is 31.5 Å². The van der Waals surface area contributed by atoms with Crippen LogP contribution in [0, 0.1) is 0 Å². The second-order valence-electron chi connectivity index (χ2n) is 0.877. The van der Waals surface area contributed by atoms with Crippen molar-refractivity contribution < 1.29 is 0 Å². The first-order valence-electron chi connectivity index (χ1n) is 1.55. The van der Waals surface area contributed by atoms with Crippen molar-refractivity contribution in [3.05, 3.63) is 0 Å². The van der Waals surface area contributed by atoms with E-state index in [1.165, 1.54) is 0 Å². The molecule has 0 radical (unpaired) electrons. The molecule has 0 nitrogen and oxygen atoms in total. The normalized spacial score (nSPS) is 21.4. The summed E-state index contributed by atoms with van der Waals surface area (Å²) in [4.78, 5) is 0. The van der Waals surface area contributed by atoms with Gasteiger partial charge in [0.15, 0.2) is 0 Å². The van der Waals surface area contributed by atoms with Gasteiger partial charge in [-0.05, 0) is 0 Å². The van der Waals surface area contributed by atoms with Gasteiger partial charge in [-0.1, -0.05) is 0 Å². The number of halogens is 2. The average molecular weight is 278 g/mol. The minimum absolute atomic E-state index is 0.585. The summed E-state index contributed by atoms with van der Waals surface area (Å²) in [5.41, 5.74) is 0. The van der Waals surface area contributed by atoms with E-state index in [0.29, 0.717) is 8.19 Å². The molecule has 0 N–H and O–H groups in total. The zero-order valence-corrected chi connectivity index (χ0v) is 8.76. The summed E-state index contributed by atoms with van der Waals surface area (Å²) >= 11 is 8.79. The fraction of sp³-hybridized carbons (Fsp3) is 0. The highest BCUT2D eigenvalue weighted by Gasteiger charge is 2.29. The predicted octanol–water partition coefficient (Wildman–Crippen LogP) is 2.87.